The average molecular weight is 496 g/mol. The number of carbonyl (C=O) groups is 2. The minimum absolute atomic E-state index is 0.0394. The van der Waals surface area contributed by atoms with E-state index in [2.05, 4.69) is 21.2 Å². The fourth-order valence-corrected chi connectivity index (χ4v) is 3.55. The smallest absolute Gasteiger partial charge is 0.261 e. The number of rotatable bonds is 9. The summed E-state index contributed by atoms with van der Waals surface area (Å²) in [4.78, 5) is 27.3. The summed E-state index contributed by atoms with van der Waals surface area (Å²) < 4.78 is 6.36. The van der Waals surface area contributed by atoms with E-state index in [0.717, 1.165) is 17.5 Å². The number of hydrogen-bond acceptors (Lipinski definition) is 3. The summed E-state index contributed by atoms with van der Waals surface area (Å²) in [5, 5.41) is 3.52. The van der Waals surface area contributed by atoms with Gasteiger partial charge in [-0.3, -0.25) is 9.59 Å². The Kier molecular flexibility index (Phi) is 9.18. The van der Waals surface area contributed by atoms with Crippen LogP contribution in [-0.4, -0.2) is 35.4 Å². The van der Waals surface area contributed by atoms with Gasteiger partial charge >= 0.3 is 0 Å². The largest absolute Gasteiger partial charge is 0.483 e. The Hall–Kier alpha value is -2.05. The Bertz CT molecular complexity index is 873. The van der Waals surface area contributed by atoms with Crippen molar-refractivity contribution in [1.29, 1.82) is 0 Å². The third-order valence-electron chi connectivity index (χ3n) is 4.89. The van der Waals surface area contributed by atoms with Gasteiger partial charge in [-0.2, -0.15) is 0 Å². The van der Waals surface area contributed by atoms with Crippen molar-refractivity contribution < 1.29 is 14.3 Å². The molecular formula is C23H28BrClN2O3. The summed E-state index contributed by atoms with van der Waals surface area (Å²) >= 11 is 9.34. The van der Waals surface area contributed by atoms with Crippen molar-refractivity contribution in [3.05, 3.63) is 63.1 Å². The zero-order chi connectivity index (χ0) is 22.3. The third kappa shape index (κ3) is 7.03. The lowest BCUT2D eigenvalue weighted by atomic mass is 10.1. The molecule has 2 aromatic rings. The lowest BCUT2D eigenvalue weighted by Gasteiger charge is -2.29. The quantitative estimate of drug-likeness (QED) is 0.525. The van der Waals surface area contributed by atoms with Crippen LogP contribution in [0.5, 0.6) is 5.75 Å². The first-order chi connectivity index (χ1) is 14.2. The van der Waals surface area contributed by atoms with E-state index in [0.29, 0.717) is 21.8 Å². The number of ether oxygens (including phenoxy) is 1. The van der Waals surface area contributed by atoms with Gasteiger partial charge in [-0.05, 0) is 66.9 Å². The molecule has 0 spiro atoms. The Morgan fingerprint density at radius 2 is 1.83 bits per heavy atom. The van der Waals surface area contributed by atoms with Crippen molar-refractivity contribution in [2.24, 2.45) is 0 Å². The predicted octanol–water partition coefficient (Wildman–Crippen LogP) is 5.12. The molecule has 0 heterocycles. The molecule has 7 heteroatoms. The van der Waals surface area contributed by atoms with Crippen molar-refractivity contribution in [2.45, 2.75) is 52.7 Å². The fourth-order valence-electron chi connectivity index (χ4n) is 2.75. The van der Waals surface area contributed by atoms with E-state index in [-0.39, 0.29) is 24.5 Å². The number of halogens is 2. The molecule has 30 heavy (non-hydrogen) atoms. The molecule has 0 unspecified atom stereocenters. The molecule has 0 saturated carbocycles. The molecule has 0 bridgehead atoms. The first kappa shape index (κ1) is 24.2. The minimum atomic E-state index is -0.634. The van der Waals surface area contributed by atoms with Gasteiger partial charge in [0, 0.05) is 17.6 Å². The molecule has 0 aliphatic heterocycles. The normalized spacial score (nSPS) is 12.7. The van der Waals surface area contributed by atoms with Gasteiger partial charge in [-0.25, -0.2) is 0 Å². The standard InChI is InChI=1S/C23H28BrClN2O3/c1-5-16(3)26-23(29)17(4)27(13-18-8-6-15(2)7-9-18)22(28)14-30-21-11-10-19(25)12-20(21)24/h6-12,16-17H,5,13-14H2,1-4H3,(H,26,29)/t16-,17-/m0/s1. The van der Waals surface area contributed by atoms with Crippen LogP contribution in [0.4, 0.5) is 0 Å². The van der Waals surface area contributed by atoms with Gasteiger partial charge in [-0.15, -0.1) is 0 Å². The molecule has 0 saturated heterocycles. The molecule has 2 atom stereocenters. The maximum atomic E-state index is 13.0. The van der Waals surface area contributed by atoms with Crippen LogP contribution in [0.1, 0.15) is 38.3 Å². The van der Waals surface area contributed by atoms with E-state index in [1.807, 2.05) is 45.0 Å². The summed E-state index contributed by atoms with van der Waals surface area (Å²) in [5.41, 5.74) is 2.08. The number of aryl methyl sites for hydroxylation is 1. The molecule has 0 radical (unpaired) electrons. The van der Waals surface area contributed by atoms with Crippen LogP contribution >= 0.6 is 27.5 Å². The fraction of sp³-hybridized carbons (Fsp3) is 0.391. The maximum absolute atomic E-state index is 13.0. The highest BCUT2D eigenvalue weighted by atomic mass is 79.9. The summed E-state index contributed by atoms with van der Waals surface area (Å²) in [5.74, 6) is 0.0569. The molecule has 2 aromatic carbocycles. The molecular weight excluding hydrogens is 468 g/mol. The van der Waals surface area contributed by atoms with Crippen LogP contribution in [0.2, 0.25) is 5.02 Å². The van der Waals surface area contributed by atoms with Crippen molar-refractivity contribution in [3.8, 4) is 5.75 Å². The number of carbonyl (C=O) groups excluding carboxylic acids is 2. The first-order valence-electron chi connectivity index (χ1n) is 9.94. The minimum Gasteiger partial charge on any atom is -0.483 e. The van der Waals surface area contributed by atoms with Gasteiger partial charge in [0.25, 0.3) is 5.91 Å². The molecule has 1 N–H and O–H groups in total. The second-order valence-corrected chi connectivity index (χ2v) is 8.66. The molecule has 0 aliphatic carbocycles. The monoisotopic (exact) mass is 494 g/mol. The molecule has 2 rings (SSSR count). The third-order valence-corrected chi connectivity index (χ3v) is 5.74. The number of amides is 2. The summed E-state index contributed by atoms with van der Waals surface area (Å²) in [7, 11) is 0. The van der Waals surface area contributed by atoms with Crippen LogP contribution in [0.15, 0.2) is 46.9 Å². The van der Waals surface area contributed by atoms with Gasteiger partial charge in [0.15, 0.2) is 6.61 Å². The van der Waals surface area contributed by atoms with Crippen LogP contribution in [0.3, 0.4) is 0 Å². The van der Waals surface area contributed by atoms with Gasteiger partial charge < -0.3 is 15.0 Å². The van der Waals surface area contributed by atoms with Crippen LogP contribution < -0.4 is 10.1 Å². The summed E-state index contributed by atoms with van der Waals surface area (Å²) in [6.45, 7) is 7.82. The topological polar surface area (TPSA) is 58.6 Å². The van der Waals surface area contributed by atoms with Gasteiger partial charge in [0.2, 0.25) is 5.91 Å². The van der Waals surface area contributed by atoms with Gasteiger partial charge in [0.1, 0.15) is 11.8 Å². The van der Waals surface area contributed by atoms with E-state index in [1.165, 1.54) is 0 Å². The zero-order valence-corrected chi connectivity index (χ0v) is 20.1. The van der Waals surface area contributed by atoms with Crippen molar-refractivity contribution >= 4 is 39.3 Å². The number of nitrogens with zero attached hydrogens (tertiary/aromatic N) is 1. The second kappa shape index (κ2) is 11.4. The van der Waals surface area contributed by atoms with Gasteiger partial charge in [-0.1, -0.05) is 48.4 Å². The average Bonchev–Trinajstić information content (AvgIpc) is 2.71. The first-order valence-corrected chi connectivity index (χ1v) is 11.1. The molecule has 162 valence electrons. The highest BCUT2D eigenvalue weighted by Gasteiger charge is 2.27. The Morgan fingerprint density at radius 1 is 1.17 bits per heavy atom. The highest BCUT2D eigenvalue weighted by molar-refractivity contribution is 9.10. The van der Waals surface area contributed by atoms with Gasteiger partial charge in [0.05, 0.1) is 4.47 Å². The molecule has 0 aromatic heterocycles. The number of nitrogens with one attached hydrogen (secondary N) is 1. The van der Waals surface area contributed by atoms with Crippen molar-refractivity contribution in [2.75, 3.05) is 6.61 Å². The van der Waals surface area contributed by atoms with Crippen LogP contribution in [0.25, 0.3) is 0 Å². The number of hydrogen-bond donors (Lipinski definition) is 1. The zero-order valence-electron chi connectivity index (χ0n) is 17.7. The molecule has 5 nitrogen and oxygen atoms in total. The second-order valence-electron chi connectivity index (χ2n) is 7.36. The molecule has 2 amide bonds. The maximum Gasteiger partial charge on any atom is 0.261 e. The van der Waals surface area contributed by atoms with E-state index < -0.39 is 6.04 Å². The van der Waals surface area contributed by atoms with E-state index >= 15 is 0 Å². The Morgan fingerprint density at radius 3 is 2.43 bits per heavy atom. The summed E-state index contributed by atoms with van der Waals surface area (Å²) in [6.07, 6.45) is 0.818. The predicted molar refractivity (Wildman–Crippen MR) is 124 cm³/mol. The van der Waals surface area contributed by atoms with E-state index in [1.54, 1.807) is 30.0 Å². The van der Waals surface area contributed by atoms with Crippen molar-refractivity contribution in [1.82, 2.24) is 10.2 Å². The molecule has 0 fully saturated rings. The van der Waals surface area contributed by atoms with E-state index in [4.69, 9.17) is 16.3 Å². The lowest BCUT2D eigenvalue weighted by Crippen LogP contribution is -2.50. The van der Waals surface area contributed by atoms with Crippen LogP contribution in [0, 0.1) is 6.92 Å². The number of benzene rings is 2. The Balaban J connectivity index is 2.16. The lowest BCUT2D eigenvalue weighted by molar-refractivity contribution is -0.142. The van der Waals surface area contributed by atoms with Crippen LogP contribution in [-0.2, 0) is 16.1 Å². The summed E-state index contributed by atoms with van der Waals surface area (Å²) in [6, 6.07) is 12.4. The SMILES string of the molecule is CC[C@H](C)NC(=O)[C@H](C)N(Cc1ccc(C)cc1)C(=O)COc1ccc(Cl)cc1Br. The Labute approximate surface area is 191 Å². The van der Waals surface area contributed by atoms with Crippen molar-refractivity contribution in [3.63, 3.8) is 0 Å². The highest BCUT2D eigenvalue weighted by Crippen LogP contribution is 2.28. The van der Waals surface area contributed by atoms with E-state index in [9.17, 15) is 9.59 Å². The molecule has 0 aliphatic rings.